The monoisotopic (exact) mass is 276 g/mol. The predicted molar refractivity (Wildman–Crippen MR) is 59.6 cm³/mol. The first-order chi connectivity index (χ1) is 5.86. The smallest absolute Gasteiger partial charge is 0.0434 e. The van der Waals surface area contributed by atoms with Crippen LogP contribution in [-0.4, -0.2) is 11.7 Å². The molecule has 1 aromatic carbocycles. The van der Waals surface area contributed by atoms with Gasteiger partial charge >= 0.3 is 0 Å². The number of aliphatic hydroxyl groups excluding tert-OH is 1. The lowest BCUT2D eigenvalue weighted by Gasteiger charge is -2.00. The molecular weight excluding hydrogens is 263 g/mol. The van der Waals surface area contributed by atoms with Crippen molar-refractivity contribution in [2.45, 2.75) is 17.3 Å². The topological polar surface area (TPSA) is 20.2 Å². The zero-order valence-corrected chi connectivity index (χ0v) is 9.12. The Morgan fingerprint density at radius 1 is 1.08 bits per heavy atom. The largest absolute Gasteiger partial charge is 0.396 e. The fraction of sp³-hybridized carbons (Fsp3) is 0.400. The standard InChI is InChI=1S/C10H13IO/c11-8-10-5-3-9(4-6-10)2-1-7-12/h3-6,12H,1-2,7-8H2. The second-order valence-corrected chi connectivity index (χ2v) is 3.54. The third-order valence-corrected chi connectivity index (χ3v) is 2.68. The first-order valence-electron chi connectivity index (χ1n) is 4.11. The van der Waals surface area contributed by atoms with E-state index in [9.17, 15) is 0 Å². The minimum atomic E-state index is 0.286. The fourth-order valence-corrected chi connectivity index (χ4v) is 1.59. The van der Waals surface area contributed by atoms with E-state index in [4.69, 9.17) is 5.11 Å². The lowest BCUT2D eigenvalue weighted by Crippen LogP contribution is -1.89. The molecule has 66 valence electrons. The molecule has 0 amide bonds. The highest BCUT2D eigenvalue weighted by molar-refractivity contribution is 14.1. The average molecular weight is 276 g/mol. The summed E-state index contributed by atoms with van der Waals surface area (Å²) in [6, 6.07) is 8.59. The summed E-state index contributed by atoms with van der Waals surface area (Å²) >= 11 is 2.35. The van der Waals surface area contributed by atoms with Gasteiger partial charge in [-0.05, 0) is 24.0 Å². The molecule has 0 heterocycles. The average Bonchev–Trinajstić information content (AvgIpc) is 2.15. The van der Waals surface area contributed by atoms with Crippen LogP contribution in [0.25, 0.3) is 0 Å². The van der Waals surface area contributed by atoms with Gasteiger partial charge in [0, 0.05) is 11.0 Å². The molecule has 0 aliphatic carbocycles. The molecule has 0 aliphatic rings. The van der Waals surface area contributed by atoms with Crippen LogP contribution in [0.5, 0.6) is 0 Å². The molecule has 0 saturated heterocycles. The van der Waals surface area contributed by atoms with Crippen LogP contribution in [0.4, 0.5) is 0 Å². The summed E-state index contributed by atoms with van der Waals surface area (Å²) in [5, 5.41) is 8.63. The van der Waals surface area contributed by atoms with Gasteiger partial charge < -0.3 is 5.11 Å². The van der Waals surface area contributed by atoms with Crippen LogP contribution in [0.2, 0.25) is 0 Å². The van der Waals surface area contributed by atoms with E-state index in [1.165, 1.54) is 11.1 Å². The molecule has 0 spiro atoms. The maximum Gasteiger partial charge on any atom is 0.0434 e. The number of halogens is 1. The first kappa shape index (κ1) is 9.99. The van der Waals surface area contributed by atoms with Crippen LogP contribution in [-0.2, 0) is 10.8 Å². The van der Waals surface area contributed by atoms with Crippen LogP contribution < -0.4 is 0 Å². The summed E-state index contributed by atoms with van der Waals surface area (Å²) < 4.78 is 1.07. The zero-order valence-electron chi connectivity index (χ0n) is 6.96. The fourth-order valence-electron chi connectivity index (χ4n) is 1.08. The number of hydrogen-bond donors (Lipinski definition) is 1. The molecule has 2 heteroatoms. The Hall–Kier alpha value is -0.0900. The van der Waals surface area contributed by atoms with Gasteiger partial charge in [-0.15, -0.1) is 0 Å². The van der Waals surface area contributed by atoms with E-state index >= 15 is 0 Å². The normalized spacial score (nSPS) is 10.2. The van der Waals surface area contributed by atoms with E-state index < -0.39 is 0 Å². The second kappa shape index (κ2) is 5.54. The molecule has 0 aliphatic heterocycles. The van der Waals surface area contributed by atoms with E-state index in [-0.39, 0.29) is 6.61 Å². The van der Waals surface area contributed by atoms with Crippen molar-refractivity contribution in [2.75, 3.05) is 6.61 Å². The first-order valence-corrected chi connectivity index (χ1v) is 5.64. The maximum atomic E-state index is 8.63. The van der Waals surface area contributed by atoms with Gasteiger partial charge in [0.25, 0.3) is 0 Å². The van der Waals surface area contributed by atoms with E-state index in [1.807, 2.05) is 0 Å². The number of aryl methyl sites for hydroxylation is 1. The summed E-state index contributed by atoms with van der Waals surface area (Å²) in [4.78, 5) is 0. The van der Waals surface area contributed by atoms with Gasteiger partial charge in [-0.2, -0.15) is 0 Å². The van der Waals surface area contributed by atoms with Crippen LogP contribution in [0.3, 0.4) is 0 Å². The van der Waals surface area contributed by atoms with Gasteiger partial charge in [-0.25, -0.2) is 0 Å². The number of rotatable bonds is 4. The Morgan fingerprint density at radius 3 is 2.17 bits per heavy atom. The highest BCUT2D eigenvalue weighted by atomic mass is 127. The maximum absolute atomic E-state index is 8.63. The third kappa shape index (κ3) is 3.11. The molecule has 1 N–H and O–H groups in total. The second-order valence-electron chi connectivity index (χ2n) is 2.78. The Labute approximate surface area is 86.9 Å². The van der Waals surface area contributed by atoms with Crippen LogP contribution >= 0.6 is 22.6 Å². The lowest BCUT2D eigenvalue weighted by atomic mass is 10.1. The summed E-state index contributed by atoms with van der Waals surface area (Å²) in [7, 11) is 0. The van der Waals surface area contributed by atoms with E-state index in [0.717, 1.165) is 17.3 Å². The highest BCUT2D eigenvalue weighted by Gasteiger charge is 1.92. The van der Waals surface area contributed by atoms with Crippen molar-refractivity contribution in [2.24, 2.45) is 0 Å². The molecule has 0 saturated carbocycles. The minimum absolute atomic E-state index is 0.286. The highest BCUT2D eigenvalue weighted by Crippen LogP contribution is 2.09. The van der Waals surface area contributed by atoms with Crippen molar-refractivity contribution < 1.29 is 5.11 Å². The van der Waals surface area contributed by atoms with Crippen molar-refractivity contribution in [3.63, 3.8) is 0 Å². The van der Waals surface area contributed by atoms with E-state index in [1.54, 1.807) is 0 Å². The molecule has 1 rings (SSSR count). The van der Waals surface area contributed by atoms with Crippen molar-refractivity contribution in [3.05, 3.63) is 35.4 Å². The Bertz CT molecular complexity index is 218. The molecule has 0 atom stereocenters. The Kier molecular flexibility index (Phi) is 4.61. The van der Waals surface area contributed by atoms with E-state index in [0.29, 0.717) is 0 Å². The Morgan fingerprint density at radius 2 is 1.67 bits per heavy atom. The zero-order chi connectivity index (χ0) is 8.81. The summed E-state index contributed by atoms with van der Waals surface area (Å²) in [5.41, 5.74) is 2.68. The van der Waals surface area contributed by atoms with Crippen LogP contribution in [0, 0.1) is 0 Å². The van der Waals surface area contributed by atoms with Gasteiger partial charge in [0.15, 0.2) is 0 Å². The van der Waals surface area contributed by atoms with Gasteiger partial charge in [-0.1, -0.05) is 46.9 Å². The van der Waals surface area contributed by atoms with Crippen molar-refractivity contribution >= 4 is 22.6 Å². The number of hydrogen-bond acceptors (Lipinski definition) is 1. The molecule has 1 aromatic rings. The van der Waals surface area contributed by atoms with Crippen molar-refractivity contribution in [1.29, 1.82) is 0 Å². The van der Waals surface area contributed by atoms with Crippen molar-refractivity contribution in [3.8, 4) is 0 Å². The van der Waals surface area contributed by atoms with Gasteiger partial charge in [0.1, 0.15) is 0 Å². The summed E-state index contributed by atoms with van der Waals surface area (Å²) in [6.45, 7) is 0.286. The van der Waals surface area contributed by atoms with Gasteiger partial charge in [0.05, 0.1) is 0 Å². The predicted octanol–water partition coefficient (Wildman–Crippen LogP) is 2.55. The van der Waals surface area contributed by atoms with E-state index in [2.05, 4.69) is 46.9 Å². The Balaban J connectivity index is 2.53. The summed E-state index contributed by atoms with van der Waals surface area (Å²) in [6.07, 6.45) is 1.85. The SMILES string of the molecule is OCCCc1ccc(CI)cc1. The third-order valence-electron chi connectivity index (χ3n) is 1.80. The summed E-state index contributed by atoms with van der Waals surface area (Å²) in [5.74, 6) is 0. The number of benzene rings is 1. The van der Waals surface area contributed by atoms with Crippen molar-refractivity contribution in [1.82, 2.24) is 0 Å². The molecule has 0 fully saturated rings. The van der Waals surface area contributed by atoms with Crippen LogP contribution in [0.15, 0.2) is 24.3 Å². The molecule has 0 aromatic heterocycles. The molecular formula is C10H13IO. The molecule has 0 radical (unpaired) electrons. The number of aliphatic hydroxyl groups is 1. The quantitative estimate of drug-likeness (QED) is 0.662. The molecule has 0 bridgehead atoms. The molecule has 0 unspecified atom stereocenters. The lowest BCUT2D eigenvalue weighted by molar-refractivity contribution is 0.288. The number of alkyl halides is 1. The van der Waals surface area contributed by atoms with Gasteiger partial charge in [-0.3, -0.25) is 0 Å². The molecule has 12 heavy (non-hydrogen) atoms. The van der Waals surface area contributed by atoms with Gasteiger partial charge in [0.2, 0.25) is 0 Å². The minimum Gasteiger partial charge on any atom is -0.396 e. The van der Waals surface area contributed by atoms with Crippen LogP contribution in [0.1, 0.15) is 17.5 Å². The molecule has 1 nitrogen and oxygen atoms in total.